The Balaban J connectivity index is 2.61. The summed E-state index contributed by atoms with van der Waals surface area (Å²) >= 11 is 0. The monoisotopic (exact) mass is 286 g/mol. The summed E-state index contributed by atoms with van der Waals surface area (Å²) in [5.74, 6) is 0.120. The normalized spacial score (nSPS) is 10.9. The number of ketones is 1. The Bertz CT molecular complexity index is 683. The van der Waals surface area contributed by atoms with E-state index in [0.29, 0.717) is 12.1 Å². The van der Waals surface area contributed by atoms with Crippen molar-refractivity contribution < 1.29 is 9.59 Å². The zero-order valence-electron chi connectivity index (χ0n) is 13.1. The van der Waals surface area contributed by atoms with Gasteiger partial charge in [-0.2, -0.15) is 0 Å². The number of hydrogen-bond donors (Lipinski definition) is 0. The van der Waals surface area contributed by atoms with Crippen LogP contribution >= 0.6 is 0 Å². The number of carbonyl (C=O) groups is 2. The minimum atomic E-state index is 0.0110. The summed E-state index contributed by atoms with van der Waals surface area (Å²) in [6.45, 7) is 1.99. The van der Waals surface area contributed by atoms with Crippen molar-refractivity contribution in [2.75, 3.05) is 14.1 Å². The minimum Gasteiger partial charge on any atom is -0.349 e. The van der Waals surface area contributed by atoms with Gasteiger partial charge >= 0.3 is 0 Å². The number of para-hydroxylation sites is 1. The Labute approximate surface area is 125 Å². The topological polar surface area (TPSA) is 42.3 Å². The van der Waals surface area contributed by atoms with E-state index in [1.807, 2.05) is 42.8 Å². The van der Waals surface area contributed by atoms with E-state index in [9.17, 15) is 9.59 Å². The molecule has 0 aliphatic carbocycles. The van der Waals surface area contributed by atoms with E-state index in [0.717, 1.165) is 22.9 Å². The van der Waals surface area contributed by atoms with Crippen molar-refractivity contribution in [1.82, 2.24) is 9.47 Å². The van der Waals surface area contributed by atoms with Crippen LogP contribution in [0.1, 0.15) is 35.8 Å². The molecule has 0 saturated heterocycles. The molecule has 2 aromatic rings. The molecule has 4 heteroatoms. The lowest BCUT2D eigenvalue weighted by atomic mass is 10.0. The van der Waals surface area contributed by atoms with Crippen LogP contribution in [-0.4, -0.2) is 35.3 Å². The molecule has 112 valence electrons. The minimum absolute atomic E-state index is 0.0110. The molecule has 0 N–H and O–H groups in total. The third-order valence-electron chi connectivity index (χ3n) is 3.78. The Morgan fingerprint density at radius 3 is 2.48 bits per heavy atom. The van der Waals surface area contributed by atoms with E-state index in [4.69, 9.17) is 0 Å². The van der Waals surface area contributed by atoms with E-state index in [2.05, 4.69) is 0 Å². The summed E-state index contributed by atoms with van der Waals surface area (Å²) in [6.07, 6.45) is 1.58. The Morgan fingerprint density at radius 2 is 1.86 bits per heavy atom. The van der Waals surface area contributed by atoms with Gasteiger partial charge in [0.15, 0.2) is 5.78 Å². The molecule has 0 radical (unpaired) electrons. The number of rotatable bonds is 5. The van der Waals surface area contributed by atoms with E-state index < -0.39 is 0 Å². The van der Waals surface area contributed by atoms with Gasteiger partial charge < -0.3 is 9.47 Å². The molecule has 1 aromatic heterocycles. The van der Waals surface area contributed by atoms with Crippen molar-refractivity contribution in [2.24, 2.45) is 7.05 Å². The number of carbonyl (C=O) groups excluding carboxylic acids is 2. The third-order valence-corrected chi connectivity index (χ3v) is 3.78. The summed E-state index contributed by atoms with van der Waals surface area (Å²) in [7, 11) is 5.37. The van der Waals surface area contributed by atoms with E-state index in [1.165, 1.54) is 0 Å². The lowest BCUT2D eigenvalue weighted by molar-refractivity contribution is -0.127. The van der Waals surface area contributed by atoms with Crippen LogP contribution in [0.5, 0.6) is 0 Å². The van der Waals surface area contributed by atoms with Gasteiger partial charge in [0.25, 0.3) is 0 Å². The molecular weight excluding hydrogens is 264 g/mol. The van der Waals surface area contributed by atoms with Crippen LogP contribution in [0.3, 0.4) is 0 Å². The second kappa shape index (κ2) is 6.12. The third kappa shape index (κ3) is 2.84. The van der Waals surface area contributed by atoms with Gasteiger partial charge in [0.2, 0.25) is 5.91 Å². The quantitative estimate of drug-likeness (QED) is 0.793. The maximum Gasteiger partial charge on any atom is 0.226 e. The first-order valence-electron chi connectivity index (χ1n) is 7.27. The Morgan fingerprint density at radius 1 is 1.19 bits per heavy atom. The lowest BCUT2D eigenvalue weighted by Crippen LogP contribution is -2.24. The summed E-state index contributed by atoms with van der Waals surface area (Å²) in [5, 5.41) is 0.995. The van der Waals surface area contributed by atoms with E-state index in [-0.39, 0.29) is 18.1 Å². The average molecular weight is 286 g/mol. The maximum absolute atomic E-state index is 12.5. The zero-order chi connectivity index (χ0) is 15.6. The van der Waals surface area contributed by atoms with Crippen molar-refractivity contribution in [3.05, 3.63) is 35.5 Å². The number of aromatic nitrogens is 1. The highest BCUT2D eigenvalue weighted by Crippen LogP contribution is 2.27. The van der Waals surface area contributed by atoms with Crippen LogP contribution in [0.15, 0.2) is 24.3 Å². The molecule has 0 spiro atoms. The number of likely N-dealkylation sites (N-methyl/N-ethyl adjacent to an activating group) is 1. The van der Waals surface area contributed by atoms with E-state index >= 15 is 0 Å². The molecule has 0 aliphatic heterocycles. The van der Waals surface area contributed by atoms with E-state index in [1.54, 1.807) is 19.0 Å². The number of benzene rings is 1. The average Bonchev–Trinajstić information content (AvgIpc) is 2.72. The molecule has 21 heavy (non-hydrogen) atoms. The molecule has 0 atom stereocenters. The Kier molecular flexibility index (Phi) is 4.46. The van der Waals surface area contributed by atoms with Gasteiger partial charge in [-0.3, -0.25) is 9.59 Å². The van der Waals surface area contributed by atoms with Gasteiger partial charge in [0.05, 0.1) is 12.1 Å². The molecule has 0 unspecified atom stereocenters. The summed E-state index contributed by atoms with van der Waals surface area (Å²) < 4.78 is 1.92. The molecule has 1 aromatic carbocycles. The molecule has 1 amide bonds. The highest BCUT2D eigenvalue weighted by molar-refractivity contribution is 6.04. The summed E-state index contributed by atoms with van der Waals surface area (Å²) in [6, 6.07) is 7.87. The molecule has 0 bridgehead atoms. The van der Waals surface area contributed by atoms with Gasteiger partial charge in [-0.1, -0.05) is 25.1 Å². The number of Topliss-reactive ketones (excluding diaryl/α,β-unsaturated/α-hetero) is 1. The molecule has 0 saturated carbocycles. The first-order chi connectivity index (χ1) is 9.97. The van der Waals surface area contributed by atoms with Crippen LogP contribution in [0.25, 0.3) is 10.9 Å². The van der Waals surface area contributed by atoms with Gasteiger partial charge in [-0.05, 0) is 18.1 Å². The number of hydrogen-bond acceptors (Lipinski definition) is 2. The number of aryl methyl sites for hydroxylation is 1. The van der Waals surface area contributed by atoms with Crippen LogP contribution in [-0.2, 0) is 18.3 Å². The van der Waals surface area contributed by atoms with Crippen LogP contribution in [0, 0.1) is 0 Å². The van der Waals surface area contributed by atoms with Crippen molar-refractivity contribution in [3.8, 4) is 0 Å². The summed E-state index contributed by atoms with van der Waals surface area (Å²) in [5.41, 5.74) is 2.53. The Hall–Kier alpha value is -2.10. The van der Waals surface area contributed by atoms with Crippen molar-refractivity contribution in [3.63, 3.8) is 0 Å². The molecule has 2 rings (SSSR count). The van der Waals surface area contributed by atoms with Crippen molar-refractivity contribution >= 4 is 22.6 Å². The van der Waals surface area contributed by atoms with Crippen molar-refractivity contribution in [1.29, 1.82) is 0 Å². The lowest BCUT2D eigenvalue weighted by Gasteiger charge is -2.11. The molecule has 0 aliphatic rings. The largest absolute Gasteiger partial charge is 0.349 e. The van der Waals surface area contributed by atoms with Gasteiger partial charge in [-0.15, -0.1) is 0 Å². The fourth-order valence-electron chi connectivity index (χ4n) is 2.66. The van der Waals surface area contributed by atoms with Crippen LogP contribution < -0.4 is 0 Å². The highest BCUT2D eigenvalue weighted by atomic mass is 16.2. The second-order valence-electron chi connectivity index (χ2n) is 5.54. The number of fused-ring (bicyclic) bond motifs is 1. The maximum atomic E-state index is 12.5. The van der Waals surface area contributed by atoms with Gasteiger partial charge in [0, 0.05) is 38.5 Å². The predicted molar refractivity (Wildman–Crippen MR) is 84.6 cm³/mol. The SMILES string of the molecule is CCCC(=O)c1c(CC(=O)N(C)C)c2ccccc2n1C. The summed E-state index contributed by atoms with van der Waals surface area (Å²) in [4.78, 5) is 26.1. The van der Waals surface area contributed by atoms with Gasteiger partial charge in [0.1, 0.15) is 0 Å². The highest BCUT2D eigenvalue weighted by Gasteiger charge is 2.22. The molecule has 4 nitrogen and oxygen atoms in total. The van der Waals surface area contributed by atoms with Crippen molar-refractivity contribution in [2.45, 2.75) is 26.2 Å². The standard InChI is InChI=1S/C17H22N2O2/c1-5-8-15(20)17-13(11-16(21)18(2)3)12-9-6-7-10-14(12)19(17)4/h6-7,9-10H,5,8,11H2,1-4H3. The molecular formula is C17H22N2O2. The molecule has 1 heterocycles. The second-order valence-corrected chi connectivity index (χ2v) is 5.54. The molecule has 0 fully saturated rings. The first kappa shape index (κ1) is 15.3. The number of amides is 1. The van der Waals surface area contributed by atoms with Crippen LogP contribution in [0.2, 0.25) is 0 Å². The fraction of sp³-hybridized carbons (Fsp3) is 0.412. The predicted octanol–water partition coefficient (Wildman–Crippen LogP) is 2.79. The van der Waals surface area contributed by atoms with Gasteiger partial charge in [-0.25, -0.2) is 0 Å². The smallest absolute Gasteiger partial charge is 0.226 e. The number of nitrogens with zero attached hydrogens (tertiary/aromatic N) is 2. The van der Waals surface area contributed by atoms with Crippen LogP contribution in [0.4, 0.5) is 0 Å². The fourth-order valence-corrected chi connectivity index (χ4v) is 2.66. The first-order valence-corrected chi connectivity index (χ1v) is 7.27. The zero-order valence-corrected chi connectivity index (χ0v) is 13.1.